The number of carbonyl (C=O) groups excluding carboxylic acids is 2. The first-order valence-corrected chi connectivity index (χ1v) is 13.2. The molecule has 0 spiro atoms. The van der Waals surface area contributed by atoms with Crippen LogP contribution in [0.4, 0.5) is 0 Å². The minimum Gasteiger partial charge on any atom is -0.481 e. The lowest BCUT2D eigenvalue weighted by Crippen LogP contribution is -2.44. The molecule has 8 heteroatoms. The van der Waals surface area contributed by atoms with Gasteiger partial charge in [0, 0.05) is 25.3 Å². The number of epoxide rings is 1. The molecule has 4 aliphatic rings. The lowest BCUT2D eigenvalue weighted by Gasteiger charge is -2.25. The van der Waals surface area contributed by atoms with Crippen molar-refractivity contribution in [3.63, 3.8) is 0 Å². The van der Waals surface area contributed by atoms with Crippen LogP contribution in [0, 0.1) is 17.8 Å². The molecule has 0 aromatic carbocycles. The number of fused-ring (bicyclic) bond motifs is 5. The van der Waals surface area contributed by atoms with E-state index in [2.05, 4.69) is 16.7 Å². The zero-order valence-electron chi connectivity index (χ0n) is 20.1. The van der Waals surface area contributed by atoms with E-state index < -0.39 is 5.97 Å². The number of ether oxygens (including phenoxy) is 2. The molecule has 1 saturated carbocycles. The highest BCUT2D eigenvalue weighted by molar-refractivity contribution is 5.84. The smallest absolute Gasteiger partial charge is 0.303 e. The maximum absolute atomic E-state index is 12.4. The van der Waals surface area contributed by atoms with Crippen molar-refractivity contribution in [3.8, 4) is 0 Å². The van der Waals surface area contributed by atoms with Crippen LogP contribution in [0.1, 0.15) is 77.0 Å². The van der Waals surface area contributed by atoms with E-state index in [0.717, 1.165) is 31.6 Å². The summed E-state index contributed by atoms with van der Waals surface area (Å²) in [5.74, 6) is 0.260. The molecule has 190 valence electrons. The Bertz CT molecular complexity index is 750. The van der Waals surface area contributed by atoms with Crippen LogP contribution in [0.2, 0.25) is 0 Å². The standard InChI is InChI=1S/C26H40N2O6/c29-20(13-8-11-17-9-4-3-5-10-17)28-16-21(30)27-15-19-18(12-6-1-2-7-14-22(31)32)23-25-26(34-25)24(19)33-23/h1,6,17-19,23-26H,2-5,7-16H2,(H,27,30)(H,28,29)(H,31,32)/b6-1-. The molecular weight excluding hydrogens is 436 g/mol. The van der Waals surface area contributed by atoms with Crippen molar-refractivity contribution in [2.24, 2.45) is 17.8 Å². The summed E-state index contributed by atoms with van der Waals surface area (Å²) in [4.78, 5) is 35.1. The van der Waals surface area contributed by atoms with E-state index in [9.17, 15) is 14.4 Å². The number of carboxylic acid groups (broad SMARTS) is 1. The number of aliphatic carboxylic acids is 1. The lowest BCUT2D eigenvalue weighted by atomic mass is 9.77. The van der Waals surface area contributed by atoms with Crippen molar-refractivity contribution in [1.29, 1.82) is 0 Å². The first kappa shape index (κ1) is 25.2. The Morgan fingerprint density at radius 2 is 1.56 bits per heavy atom. The van der Waals surface area contributed by atoms with Gasteiger partial charge in [0.1, 0.15) is 12.2 Å². The summed E-state index contributed by atoms with van der Waals surface area (Å²) < 4.78 is 11.9. The summed E-state index contributed by atoms with van der Waals surface area (Å²) >= 11 is 0. The second kappa shape index (κ2) is 12.2. The number of unbranched alkanes of at least 4 members (excludes halogenated alkanes) is 1. The Hall–Kier alpha value is -1.93. The largest absolute Gasteiger partial charge is 0.481 e. The van der Waals surface area contributed by atoms with Crippen molar-refractivity contribution in [3.05, 3.63) is 12.2 Å². The molecule has 3 saturated heterocycles. The zero-order valence-corrected chi connectivity index (χ0v) is 20.1. The van der Waals surface area contributed by atoms with Gasteiger partial charge in [-0.05, 0) is 43.9 Å². The fourth-order valence-corrected chi connectivity index (χ4v) is 6.08. The van der Waals surface area contributed by atoms with Crippen molar-refractivity contribution in [2.45, 2.75) is 101 Å². The van der Waals surface area contributed by atoms with E-state index in [4.69, 9.17) is 14.6 Å². The van der Waals surface area contributed by atoms with Crippen LogP contribution >= 0.6 is 0 Å². The molecule has 8 nitrogen and oxygen atoms in total. The van der Waals surface area contributed by atoms with Crippen LogP contribution in [-0.4, -0.2) is 60.4 Å². The summed E-state index contributed by atoms with van der Waals surface area (Å²) in [6.45, 7) is 0.530. The summed E-state index contributed by atoms with van der Waals surface area (Å²) in [7, 11) is 0. The molecule has 3 heterocycles. The summed E-state index contributed by atoms with van der Waals surface area (Å²) in [5.41, 5.74) is 0. The zero-order chi connectivity index (χ0) is 23.9. The molecular formula is C26H40N2O6. The second-order valence-corrected chi connectivity index (χ2v) is 10.4. The first-order valence-electron chi connectivity index (χ1n) is 13.2. The van der Waals surface area contributed by atoms with Crippen LogP contribution in [-0.2, 0) is 23.9 Å². The fraction of sp³-hybridized carbons (Fsp3) is 0.808. The summed E-state index contributed by atoms with van der Waals surface area (Å²) in [6.07, 6.45) is 16.1. The number of amides is 2. The van der Waals surface area contributed by atoms with Crippen molar-refractivity contribution in [2.75, 3.05) is 13.1 Å². The quantitative estimate of drug-likeness (QED) is 0.202. The van der Waals surface area contributed by atoms with E-state index in [0.29, 0.717) is 19.4 Å². The van der Waals surface area contributed by atoms with E-state index in [1.54, 1.807) is 0 Å². The third-order valence-corrected chi connectivity index (χ3v) is 7.98. The second-order valence-electron chi connectivity index (χ2n) is 10.4. The molecule has 6 atom stereocenters. The molecule has 3 aliphatic heterocycles. The van der Waals surface area contributed by atoms with Gasteiger partial charge in [0.2, 0.25) is 11.8 Å². The Kier molecular flexibility index (Phi) is 9.00. The molecule has 4 fully saturated rings. The highest BCUT2D eigenvalue weighted by Crippen LogP contribution is 2.54. The monoisotopic (exact) mass is 476 g/mol. The topological polar surface area (TPSA) is 117 Å². The highest BCUT2D eigenvalue weighted by atomic mass is 16.7. The number of nitrogens with one attached hydrogen (secondary N) is 2. The minimum atomic E-state index is -0.765. The van der Waals surface area contributed by atoms with Crippen molar-refractivity contribution in [1.82, 2.24) is 10.6 Å². The van der Waals surface area contributed by atoms with Gasteiger partial charge in [-0.2, -0.15) is 0 Å². The molecule has 4 rings (SSSR count). The lowest BCUT2D eigenvalue weighted by molar-refractivity contribution is -0.137. The van der Waals surface area contributed by atoms with Crippen LogP contribution in [0.5, 0.6) is 0 Å². The maximum Gasteiger partial charge on any atom is 0.303 e. The maximum atomic E-state index is 12.4. The minimum absolute atomic E-state index is 0.0145. The molecule has 0 aromatic rings. The van der Waals surface area contributed by atoms with Crippen molar-refractivity contribution < 1.29 is 29.0 Å². The Labute approximate surface area is 202 Å². The van der Waals surface area contributed by atoms with E-state index in [1.165, 1.54) is 32.1 Å². The van der Waals surface area contributed by atoms with Crippen molar-refractivity contribution >= 4 is 17.8 Å². The van der Waals surface area contributed by atoms with Gasteiger partial charge < -0.3 is 25.2 Å². The average molecular weight is 477 g/mol. The number of carbonyl (C=O) groups is 3. The number of allylic oxidation sites excluding steroid dienone is 2. The van der Waals surface area contributed by atoms with Crippen LogP contribution in [0.25, 0.3) is 0 Å². The van der Waals surface area contributed by atoms with E-state index in [1.807, 2.05) is 6.08 Å². The number of carboxylic acids is 1. The molecule has 2 bridgehead atoms. The average Bonchev–Trinajstić information content (AvgIpc) is 3.45. The van der Waals surface area contributed by atoms with Gasteiger partial charge in [0.05, 0.1) is 18.8 Å². The number of hydrogen-bond donors (Lipinski definition) is 3. The molecule has 34 heavy (non-hydrogen) atoms. The predicted molar refractivity (Wildman–Crippen MR) is 126 cm³/mol. The Morgan fingerprint density at radius 1 is 0.824 bits per heavy atom. The third kappa shape index (κ3) is 6.81. The Balaban J connectivity index is 1.12. The fourth-order valence-electron chi connectivity index (χ4n) is 6.08. The number of rotatable bonds is 14. The molecule has 1 aliphatic carbocycles. The molecule has 3 N–H and O–H groups in total. The Morgan fingerprint density at radius 3 is 2.32 bits per heavy atom. The third-order valence-electron chi connectivity index (χ3n) is 7.98. The molecule has 2 amide bonds. The molecule has 6 unspecified atom stereocenters. The van der Waals surface area contributed by atoms with Gasteiger partial charge in [-0.1, -0.05) is 44.3 Å². The molecule has 0 aromatic heterocycles. The number of hydrogen-bond acceptors (Lipinski definition) is 5. The van der Waals surface area contributed by atoms with Crippen LogP contribution < -0.4 is 10.6 Å². The van der Waals surface area contributed by atoms with Gasteiger partial charge in [-0.3, -0.25) is 14.4 Å². The normalized spacial score (nSPS) is 32.0. The molecule has 0 radical (unpaired) electrons. The summed E-state index contributed by atoms with van der Waals surface area (Å²) in [6, 6.07) is 0. The van der Waals surface area contributed by atoms with Gasteiger partial charge in [0.15, 0.2) is 0 Å². The van der Waals surface area contributed by atoms with Gasteiger partial charge in [0.25, 0.3) is 0 Å². The SMILES string of the molecule is O=C(O)CCC/C=C\CC1C(CNC(=O)CNC(=O)CCCC2CCCCC2)C2OC1C1OC21. The van der Waals surface area contributed by atoms with E-state index in [-0.39, 0.29) is 61.0 Å². The predicted octanol–water partition coefficient (Wildman–Crippen LogP) is 2.95. The highest BCUT2D eigenvalue weighted by Gasteiger charge is 2.68. The van der Waals surface area contributed by atoms with Crippen LogP contribution in [0.15, 0.2) is 12.2 Å². The van der Waals surface area contributed by atoms with Gasteiger partial charge in [-0.25, -0.2) is 0 Å². The van der Waals surface area contributed by atoms with Crippen LogP contribution in [0.3, 0.4) is 0 Å². The van der Waals surface area contributed by atoms with Gasteiger partial charge >= 0.3 is 5.97 Å². The summed E-state index contributed by atoms with van der Waals surface area (Å²) in [5, 5.41) is 14.5. The van der Waals surface area contributed by atoms with Gasteiger partial charge in [-0.15, -0.1) is 0 Å². The van der Waals surface area contributed by atoms with E-state index >= 15 is 0 Å². The first-order chi connectivity index (χ1) is 16.5.